The average Bonchev–Trinajstić information content (AvgIpc) is 2.26. The number of aromatic nitrogens is 2. The monoisotopic (exact) mass is 363 g/mol. The van der Waals surface area contributed by atoms with E-state index in [0.717, 1.165) is 0 Å². The van der Waals surface area contributed by atoms with Crippen LogP contribution in [0.1, 0.15) is 10.4 Å². The highest BCUT2D eigenvalue weighted by molar-refractivity contribution is 9.10. The molecule has 98 valence electrons. The first-order chi connectivity index (χ1) is 8.95. The van der Waals surface area contributed by atoms with Crippen LogP contribution in [0.2, 0.25) is 10.4 Å². The lowest BCUT2D eigenvalue weighted by Gasteiger charge is -2.06. The van der Waals surface area contributed by atoms with Crippen molar-refractivity contribution in [3.05, 3.63) is 50.6 Å². The summed E-state index contributed by atoms with van der Waals surface area (Å²) in [6, 6.07) is 5.07. The smallest absolute Gasteiger partial charge is 0.257 e. The van der Waals surface area contributed by atoms with Gasteiger partial charge < -0.3 is 5.32 Å². The number of anilines is 1. The van der Waals surface area contributed by atoms with Crippen LogP contribution in [0.4, 0.5) is 10.2 Å². The van der Waals surface area contributed by atoms with Crippen LogP contribution in [-0.2, 0) is 0 Å². The molecule has 0 aliphatic heterocycles. The molecule has 8 heteroatoms. The van der Waals surface area contributed by atoms with E-state index in [2.05, 4.69) is 31.2 Å². The summed E-state index contributed by atoms with van der Waals surface area (Å²) in [4.78, 5) is 19.4. The van der Waals surface area contributed by atoms with Gasteiger partial charge in [-0.1, -0.05) is 11.6 Å². The number of hydrogen-bond acceptors (Lipinski definition) is 3. The largest absolute Gasteiger partial charge is 0.306 e. The van der Waals surface area contributed by atoms with Crippen LogP contribution < -0.4 is 5.32 Å². The number of carbonyl (C=O) groups excluding carboxylic acids is 1. The highest BCUT2D eigenvalue weighted by atomic mass is 79.9. The molecule has 0 fully saturated rings. The number of benzene rings is 1. The van der Waals surface area contributed by atoms with Gasteiger partial charge in [0.1, 0.15) is 16.8 Å². The predicted octanol–water partition coefficient (Wildman–Crippen LogP) is 3.94. The summed E-state index contributed by atoms with van der Waals surface area (Å²) in [5.41, 5.74) is 0.257. The van der Waals surface area contributed by atoms with E-state index in [0.29, 0.717) is 4.47 Å². The maximum Gasteiger partial charge on any atom is 0.257 e. The predicted molar refractivity (Wildman–Crippen MR) is 74.1 cm³/mol. The van der Waals surface area contributed by atoms with Crippen LogP contribution in [0, 0.1) is 5.82 Å². The lowest BCUT2D eigenvalue weighted by atomic mass is 10.2. The summed E-state index contributed by atoms with van der Waals surface area (Å²) < 4.78 is 13.3. The van der Waals surface area contributed by atoms with Crippen molar-refractivity contribution in [3.63, 3.8) is 0 Å². The van der Waals surface area contributed by atoms with E-state index in [9.17, 15) is 9.18 Å². The Hall–Kier alpha value is -1.24. The number of nitrogens with zero attached hydrogens (tertiary/aromatic N) is 2. The molecule has 0 saturated carbocycles. The molecule has 19 heavy (non-hydrogen) atoms. The number of halogens is 4. The fourth-order valence-corrected chi connectivity index (χ4v) is 2.25. The van der Waals surface area contributed by atoms with Crippen molar-refractivity contribution in [2.45, 2.75) is 0 Å². The maximum absolute atomic E-state index is 12.9. The molecule has 1 amide bonds. The van der Waals surface area contributed by atoms with E-state index in [1.165, 1.54) is 24.3 Å². The molecule has 0 atom stereocenters. The third kappa shape index (κ3) is 3.62. The van der Waals surface area contributed by atoms with Gasteiger partial charge in [0, 0.05) is 10.5 Å². The molecular weight excluding hydrogens is 360 g/mol. The summed E-state index contributed by atoms with van der Waals surface area (Å²) >= 11 is 14.4. The van der Waals surface area contributed by atoms with Crippen molar-refractivity contribution >= 4 is 50.9 Å². The van der Waals surface area contributed by atoms with Crippen molar-refractivity contribution in [1.82, 2.24) is 9.97 Å². The van der Waals surface area contributed by atoms with Crippen LogP contribution >= 0.6 is 39.1 Å². The Morgan fingerprint density at radius 1 is 1.26 bits per heavy atom. The summed E-state index contributed by atoms with van der Waals surface area (Å²) in [6.45, 7) is 0. The molecule has 1 N–H and O–H groups in total. The minimum atomic E-state index is -0.474. The van der Waals surface area contributed by atoms with Crippen molar-refractivity contribution in [3.8, 4) is 0 Å². The van der Waals surface area contributed by atoms with E-state index in [4.69, 9.17) is 23.2 Å². The second kappa shape index (κ2) is 5.81. The summed E-state index contributed by atoms with van der Waals surface area (Å²) in [7, 11) is 0. The first-order valence-corrected chi connectivity index (χ1v) is 6.47. The number of carbonyl (C=O) groups is 1. The van der Waals surface area contributed by atoms with Gasteiger partial charge in [0.15, 0.2) is 0 Å². The SMILES string of the molecule is O=C(Nc1cc(Cl)nc(Cl)n1)c1ccc(F)cc1Br. The molecule has 0 unspecified atom stereocenters. The molecule has 0 bridgehead atoms. The number of hydrogen-bond donors (Lipinski definition) is 1. The lowest BCUT2D eigenvalue weighted by Crippen LogP contribution is -2.14. The second-order valence-electron chi connectivity index (χ2n) is 3.42. The van der Waals surface area contributed by atoms with Gasteiger partial charge in [-0.15, -0.1) is 0 Å². The Balaban J connectivity index is 2.25. The molecule has 4 nitrogen and oxygen atoms in total. The van der Waals surface area contributed by atoms with E-state index in [-0.39, 0.29) is 21.8 Å². The Morgan fingerprint density at radius 2 is 2.00 bits per heavy atom. The van der Waals surface area contributed by atoms with Crippen LogP contribution in [0.25, 0.3) is 0 Å². The fourth-order valence-electron chi connectivity index (χ4n) is 1.31. The first-order valence-electron chi connectivity index (χ1n) is 4.92. The molecule has 0 aliphatic carbocycles. The molecule has 0 aliphatic rings. The van der Waals surface area contributed by atoms with Gasteiger partial charge >= 0.3 is 0 Å². The number of rotatable bonds is 2. The summed E-state index contributed by atoms with van der Waals surface area (Å²) in [5.74, 6) is -0.763. The molecule has 0 spiro atoms. The third-order valence-corrected chi connectivity index (χ3v) is 3.10. The highest BCUT2D eigenvalue weighted by Gasteiger charge is 2.12. The second-order valence-corrected chi connectivity index (χ2v) is 5.00. The lowest BCUT2D eigenvalue weighted by molar-refractivity contribution is 0.102. The third-order valence-electron chi connectivity index (χ3n) is 2.08. The van der Waals surface area contributed by atoms with Crippen molar-refractivity contribution in [2.75, 3.05) is 5.32 Å². The first kappa shape index (κ1) is 14.2. The molecule has 1 heterocycles. The Bertz CT molecular complexity index is 634. The average molecular weight is 365 g/mol. The van der Waals surface area contributed by atoms with Crippen molar-refractivity contribution in [2.24, 2.45) is 0 Å². The van der Waals surface area contributed by atoms with Gasteiger partial charge in [-0.3, -0.25) is 4.79 Å². The highest BCUT2D eigenvalue weighted by Crippen LogP contribution is 2.20. The van der Waals surface area contributed by atoms with Gasteiger partial charge in [0.25, 0.3) is 5.91 Å². The molecule has 1 aromatic heterocycles. The van der Waals surface area contributed by atoms with Crippen molar-refractivity contribution in [1.29, 1.82) is 0 Å². The van der Waals surface area contributed by atoms with Crippen LogP contribution in [-0.4, -0.2) is 15.9 Å². The standard InChI is InChI=1S/C11H5BrCl2FN3O/c12-7-3-5(15)1-2-6(7)10(19)17-9-4-8(13)16-11(14)18-9/h1-4H,(H,16,17,18,19). The van der Waals surface area contributed by atoms with Crippen LogP contribution in [0.5, 0.6) is 0 Å². The Kier molecular flexibility index (Phi) is 4.34. The zero-order chi connectivity index (χ0) is 14.0. The summed E-state index contributed by atoms with van der Waals surface area (Å²) in [5, 5.41) is 2.51. The number of nitrogens with one attached hydrogen (secondary N) is 1. The van der Waals surface area contributed by atoms with E-state index >= 15 is 0 Å². The zero-order valence-corrected chi connectivity index (χ0v) is 12.2. The van der Waals surface area contributed by atoms with Gasteiger partial charge in [-0.2, -0.15) is 0 Å². The normalized spacial score (nSPS) is 10.3. The Labute approximate surface area is 126 Å². The maximum atomic E-state index is 12.9. The molecule has 2 rings (SSSR count). The van der Waals surface area contributed by atoms with Gasteiger partial charge in [-0.25, -0.2) is 14.4 Å². The quantitative estimate of drug-likeness (QED) is 0.648. The zero-order valence-electron chi connectivity index (χ0n) is 9.12. The van der Waals surface area contributed by atoms with Gasteiger partial charge in [0.05, 0.1) is 5.56 Å². The molecule has 0 saturated heterocycles. The minimum Gasteiger partial charge on any atom is -0.306 e. The minimum absolute atomic E-state index is 0.0824. The molecule has 0 radical (unpaired) electrons. The summed E-state index contributed by atoms with van der Waals surface area (Å²) in [6.07, 6.45) is 0. The van der Waals surface area contributed by atoms with E-state index in [1.807, 2.05) is 0 Å². The van der Waals surface area contributed by atoms with E-state index < -0.39 is 11.7 Å². The Morgan fingerprint density at radius 3 is 2.63 bits per heavy atom. The van der Waals surface area contributed by atoms with Crippen LogP contribution in [0.15, 0.2) is 28.7 Å². The molecular formula is C11H5BrCl2FN3O. The number of amides is 1. The topological polar surface area (TPSA) is 54.9 Å². The molecule has 2 aromatic rings. The van der Waals surface area contributed by atoms with Crippen LogP contribution in [0.3, 0.4) is 0 Å². The van der Waals surface area contributed by atoms with Gasteiger partial charge in [-0.05, 0) is 45.7 Å². The molecule has 1 aromatic carbocycles. The van der Waals surface area contributed by atoms with E-state index in [1.54, 1.807) is 0 Å². The fraction of sp³-hybridized carbons (Fsp3) is 0. The van der Waals surface area contributed by atoms with Gasteiger partial charge in [0.2, 0.25) is 5.28 Å². The van der Waals surface area contributed by atoms with Crippen molar-refractivity contribution < 1.29 is 9.18 Å².